The van der Waals surface area contributed by atoms with Gasteiger partial charge in [-0.3, -0.25) is 4.79 Å². The second kappa shape index (κ2) is 8.90. The van der Waals surface area contributed by atoms with Crippen molar-refractivity contribution in [3.8, 4) is 0 Å². The number of benzene rings is 1. The Bertz CT molecular complexity index is 465. The van der Waals surface area contributed by atoms with E-state index in [2.05, 4.69) is 22.5 Å². The number of amides is 1. The summed E-state index contributed by atoms with van der Waals surface area (Å²) in [5.74, 6) is -0.00593. The average Bonchev–Trinajstić information content (AvgIpc) is 2.46. The minimum Gasteiger partial charge on any atom is -0.374 e. The summed E-state index contributed by atoms with van der Waals surface area (Å²) in [4.78, 5) is 13.8. The second-order valence-corrected chi connectivity index (χ2v) is 5.78. The summed E-state index contributed by atoms with van der Waals surface area (Å²) in [5, 5.41) is 6.82. The lowest BCUT2D eigenvalue weighted by molar-refractivity contribution is -0.123. The van der Waals surface area contributed by atoms with Crippen molar-refractivity contribution < 1.29 is 4.79 Å². The maximum Gasteiger partial charge on any atom is 0.224 e. The first-order valence-electron chi connectivity index (χ1n) is 7.41. The van der Waals surface area contributed by atoms with Crippen LogP contribution in [0.25, 0.3) is 0 Å². The average molecular weight is 312 g/mol. The monoisotopic (exact) mass is 311 g/mol. The van der Waals surface area contributed by atoms with E-state index in [0.717, 1.165) is 35.8 Å². The molecule has 0 heterocycles. The minimum atomic E-state index is -0.0628. The summed E-state index contributed by atoms with van der Waals surface area (Å²) < 4.78 is 0. The van der Waals surface area contributed by atoms with Crippen LogP contribution in [0.3, 0.4) is 0 Å². The van der Waals surface area contributed by atoms with Gasteiger partial charge in [0, 0.05) is 37.9 Å². The second-order valence-electron chi connectivity index (χ2n) is 5.35. The van der Waals surface area contributed by atoms with Crippen LogP contribution in [0.5, 0.6) is 0 Å². The molecule has 0 aliphatic rings. The van der Waals surface area contributed by atoms with Gasteiger partial charge in [0.05, 0.1) is 5.92 Å². The number of anilines is 1. The molecule has 1 rings (SSSR count). The molecule has 4 nitrogen and oxygen atoms in total. The summed E-state index contributed by atoms with van der Waals surface area (Å²) in [5.41, 5.74) is 2.27. The smallest absolute Gasteiger partial charge is 0.224 e. The van der Waals surface area contributed by atoms with Gasteiger partial charge in [-0.1, -0.05) is 25.4 Å². The molecule has 0 bridgehead atoms. The van der Waals surface area contributed by atoms with Crippen LogP contribution >= 0.6 is 11.6 Å². The van der Waals surface area contributed by atoms with Crippen molar-refractivity contribution in [1.29, 1.82) is 0 Å². The van der Waals surface area contributed by atoms with Gasteiger partial charge in [-0.05, 0) is 36.7 Å². The minimum absolute atomic E-state index is 0.0569. The van der Waals surface area contributed by atoms with E-state index in [-0.39, 0.29) is 11.8 Å². The number of halogens is 1. The molecule has 5 heteroatoms. The molecule has 1 aromatic carbocycles. The van der Waals surface area contributed by atoms with Crippen molar-refractivity contribution in [3.05, 3.63) is 28.8 Å². The van der Waals surface area contributed by atoms with Crippen LogP contribution in [-0.4, -0.2) is 33.1 Å². The van der Waals surface area contributed by atoms with Gasteiger partial charge in [0.2, 0.25) is 5.91 Å². The van der Waals surface area contributed by atoms with Gasteiger partial charge in [0.1, 0.15) is 0 Å². The number of nitrogens with one attached hydrogen (secondary N) is 2. The molecule has 1 aromatic rings. The zero-order valence-corrected chi connectivity index (χ0v) is 14.1. The maximum absolute atomic E-state index is 11.7. The van der Waals surface area contributed by atoms with Crippen LogP contribution in [0.1, 0.15) is 25.8 Å². The van der Waals surface area contributed by atoms with Crippen molar-refractivity contribution in [1.82, 2.24) is 10.6 Å². The van der Waals surface area contributed by atoms with Gasteiger partial charge in [-0.15, -0.1) is 0 Å². The fourth-order valence-electron chi connectivity index (χ4n) is 2.31. The summed E-state index contributed by atoms with van der Waals surface area (Å²) in [7, 11) is 3.67. The molecule has 0 saturated heterocycles. The molecule has 0 spiro atoms. The highest BCUT2D eigenvalue weighted by molar-refractivity contribution is 6.30. The van der Waals surface area contributed by atoms with Crippen LogP contribution < -0.4 is 15.5 Å². The Kier molecular flexibility index (Phi) is 7.54. The first-order valence-corrected chi connectivity index (χ1v) is 7.79. The molecule has 0 radical (unpaired) electrons. The molecule has 1 unspecified atom stereocenters. The lowest BCUT2D eigenvalue weighted by atomic mass is 10.1. The largest absolute Gasteiger partial charge is 0.374 e. The van der Waals surface area contributed by atoms with Gasteiger partial charge in [0.15, 0.2) is 0 Å². The lowest BCUT2D eigenvalue weighted by Gasteiger charge is -2.25. The highest BCUT2D eigenvalue weighted by Gasteiger charge is 2.16. The Balaban J connectivity index is 2.82. The first-order chi connectivity index (χ1) is 9.99. The first kappa shape index (κ1) is 17.8. The molecule has 0 saturated carbocycles. The molecule has 0 aliphatic carbocycles. The molecule has 0 aromatic heterocycles. The third kappa shape index (κ3) is 5.56. The third-order valence-corrected chi connectivity index (χ3v) is 3.67. The molecule has 21 heavy (non-hydrogen) atoms. The number of hydrogen-bond donors (Lipinski definition) is 2. The molecular formula is C16H26ClN3O. The number of carbonyl (C=O) groups excluding carboxylic acids is 1. The Morgan fingerprint density at radius 2 is 2.14 bits per heavy atom. The van der Waals surface area contributed by atoms with E-state index in [0.29, 0.717) is 6.54 Å². The molecule has 0 aliphatic heterocycles. The zero-order chi connectivity index (χ0) is 15.8. The van der Waals surface area contributed by atoms with E-state index < -0.39 is 0 Å². The topological polar surface area (TPSA) is 44.4 Å². The molecule has 0 fully saturated rings. The van der Waals surface area contributed by atoms with Crippen molar-refractivity contribution in [2.75, 3.05) is 32.1 Å². The van der Waals surface area contributed by atoms with Crippen molar-refractivity contribution in [3.63, 3.8) is 0 Å². The van der Waals surface area contributed by atoms with E-state index >= 15 is 0 Å². The molecule has 1 atom stereocenters. The number of carbonyl (C=O) groups is 1. The van der Waals surface area contributed by atoms with Gasteiger partial charge in [0.25, 0.3) is 0 Å². The quantitative estimate of drug-likeness (QED) is 0.726. The SMILES string of the molecule is CCCNCc1cc(Cl)ccc1N(C)CC(C)C(=O)NC. The van der Waals surface area contributed by atoms with Crippen molar-refractivity contribution in [2.24, 2.45) is 5.92 Å². The van der Waals surface area contributed by atoms with E-state index in [4.69, 9.17) is 11.6 Å². The highest BCUT2D eigenvalue weighted by atomic mass is 35.5. The predicted octanol–water partition coefficient (Wildman–Crippen LogP) is 2.66. The predicted molar refractivity (Wildman–Crippen MR) is 90.0 cm³/mol. The van der Waals surface area contributed by atoms with Gasteiger partial charge >= 0.3 is 0 Å². The molecular weight excluding hydrogens is 286 g/mol. The summed E-state index contributed by atoms with van der Waals surface area (Å²) in [6.45, 7) is 6.50. The lowest BCUT2D eigenvalue weighted by Crippen LogP contribution is -2.34. The van der Waals surface area contributed by atoms with Crippen LogP contribution in [-0.2, 0) is 11.3 Å². The summed E-state index contributed by atoms with van der Waals surface area (Å²) >= 11 is 6.10. The fraction of sp³-hybridized carbons (Fsp3) is 0.562. The Hall–Kier alpha value is -1.26. The van der Waals surface area contributed by atoms with Crippen LogP contribution in [0, 0.1) is 5.92 Å². The van der Waals surface area contributed by atoms with E-state index in [1.54, 1.807) is 7.05 Å². The van der Waals surface area contributed by atoms with Crippen molar-refractivity contribution in [2.45, 2.75) is 26.8 Å². The third-order valence-electron chi connectivity index (χ3n) is 3.44. The molecule has 1 amide bonds. The van der Waals surface area contributed by atoms with Gasteiger partial charge in [-0.2, -0.15) is 0 Å². The zero-order valence-electron chi connectivity index (χ0n) is 13.4. The summed E-state index contributed by atoms with van der Waals surface area (Å²) in [6.07, 6.45) is 1.10. The highest BCUT2D eigenvalue weighted by Crippen LogP contribution is 2.24. The number of nitrogens with zero attached hydrogens (tertiary/aromatic N) is 1. The Labute approximate surface area is 132 Å². The Morgan fingerprint density at radius 1 is 1.43 bits per heavy atom. The summed E-state index contributed by atoms with van der Waals surface area (Å²) in [6, 6.07) is 5.89. The van der Waals surface area contributed by atoms with Crippen molar-refractivity contribution >= 4 is 23.2 Å². The van der Waals surface area contributed by atoms with Gasteiger partial charge < -0.3 is 15.5 Å². The van der Waals surface area contributed by atoms with Crippen LogP contribution in [0.4, 0.5) is 5.69 Å². The standard InChI is InChI=1S/C16H26ClN3O/c1-5-8-19-10-13-9-14(17)6-7-15(13)20(4)11-12(2)16(21)18-3/h6-7,9,12,19H,5,8,10-11H2,1-4H3,(H,18,21). The number of hydrogen-bond acceptors (Lipinski definition) is 3. The Morgan fingerprint density at radius 3 is 2.76 bits per heavy atom. The fourth-order valence-corrected chi connectivity index (χ4v) is 2.50. The normalized spacial score (nSPS) is 12.0. The van der Waals surface area contributed by atoms with Crippen LogP contribution in [0.15, 0.2) is 18.2 Å². The van der Waals surface area contributed by atoms with Gasteiger partial charge in [-0.25, -0.2) is 0 Å². The van der Waals surface area contributed by atoms with E-state index in [1.807, 2.05) is 32.2 Å². The van der Waals surface area contributed by atoms with E-state index in [9.17, 15) is 4.79 Å². The molecule has 2 N–H and O–H groups in total. The number of rotatable bonds is 8. The maximum atomic E-state index is 11.7. The van der Waals surface area contributed by atoms with Crippen LogP contribution in [0.2, 0.25) is 5.02 Å². The van der Waals surface area contributed by atoms with E-state index in [1.165, 1.54) is 0 Å². The molecule has 118 valence electrons.